The van der Waals surface area contributed by atoms with Gasteiger partial charge in [-0.25, -0.2) is 0 Å². The van der Waals surface area contributed by atoms with Crippen LogP contribution in [-0.2, 0) is 6.42 Å². The molecule has 0 heterocycles. The van der Waals surface area contributed by atoms with Gasteiger partial charge in [-0.05, 0) is 55.4 Å². The Labute approximate surface area is 121 Å². The zero-order chi connectivity index (χ0) is 13.9. The minimum atomic E-state index is -0.108. The van der Waals surface area contributed by atoms with E-state index in [0.717, 1.165) is 41.5 Å². The summed E-state index contributed by atoms with van der Waals surface area (Å²) in [5.74, 6) is 1.69. The van der Waals surface area contributed by atoms with Crippen LogP contribution in [0.2, 0.25) is 5.02 Å². The van der Waals surface area contributed by atoms with Gasteiger partial charge in [0.05, 0.1) is 7.11 Å². The fourth-order valence-electron chi connectivity index (χ4n) is 3.05. The van der Waals surface area contributed by atoms with Gasteiger partial charge < -0.3 is 10.5 Å². The zero-order valence-corrected chi connectivity index (χ0v) is 12.7. The van der Waals surface area contributed by atoms with Gasteiger partial charge in [0.25, 0.3) is 0 Å². The molecule has 1 aliphatic rings. The van der Waals surface area contributed by atoms with E-state index in [1.807, 2.05) is 18.2 Å². The summed E-state index contributed by atoms with van der Waals surface area (Å²) in [6.45, 7) is 2.33. The first-order chi connectivity index (χ1) is 9.02. The van der Waals surface area contributed by atoms with E-state index in [1.165, 1.54) is 19.3 Å². The molecular weight excluding hydrogens is 258 g/mol. The average Bonchev–Trinajstić information content (AvgIpc) is 2.52. The Bertz CT molecular complexity index is 435. The third kappa shape index (κ3) is 3.87. The van der Waals surface area contributed by atoms with E-state index < -0.39 is 0 Å². The maximum absolute atomic E-state index is 6.63. The molecule has 2 rings (SSSR count). The largest absolute Gasteiger partial charge is 0.496 e. The molecule has 0 amide bonds. The monoisotopic (exact) mass is 281 g/mol. The predicted molar refractivity (Wildman–Crippen MR) is 80.9 cm³/mol. The first-order valence-corrected chi connectivity index (χ1v) is 7.51. The fraction of sp³-hybridized carbons (Fsp3) is 0.625. The van der Waals surface area contributed by atoms with E-state index in [-0.39, 0.29) is 5.54 Å². The first kappa shape index (κ1) is 14.7. The van der Waals surface area contributed by atoms with Gasteiger partial charge in [0.1, 0.15) is 5.75 Å². The van der Waals surface area contributed by atoms with E-state index >= 15 is 0 Å². The summed E-state index contributed by atoms with van der Waals surface area (Å²) in [5.41, 5.74) is 7.65. The molecule has 2 nitrogen and oxygen atoms in total. The van der Waals surface area contributed by atoms with Crippen molar-refractivity contribution in [2.24, 2.45) is 11.7 Å². The third-order valence-corrected chi connectivity index (χ3v) is 4.53. The molecule has 1 aromatic rings. The molecule has 0 spiro atoms. The zero-order valence-electron chi connectivity index (χ0n) is 11.9. The smallest absolute Gasteiger partial charge is 0.122 e. The molecule has 106 valence electrons. The van der Waals surface area contributed by atoms with Crippen LogP contribution in [0.3, 0.4) is 0 Å². The van der Waals surface area contributed by atoms with E-state index in [9.17, 15) is 0 Å². The van der Waals surface area contributed by atoms with Gasteiger partial charge in [0, 0.05) is 10.6 Å². The van der Waals surface area contributed by atoms with Crippen LogP contribution in [0.1, 0.15) is 44.6 Å². The molecule has 1 fully saturated rings. The quantitative estimate of drug-likeness (QED) is 0.843. The standard InChI is InChI=1S/C16H24ClNO/c1-12-4-3-8-16(18,9-7-12)11-13-10-14(17)5-6-15(13)19-2/h5-6,10,12H,3-4,7-9,11,18H2,1-2H3. The molecule has 19 heavy (non-hydrogen) atoms. The second kappa shape index (κ2) is 6.15. The Balaban J connectivity index is 2.17. The van der Waals surface area contributed by atoms with Crippen molar-refractivity contribution >= 4 is 11.6 Å². The predicted octanol–water partition coefficient (Wildman–Crippen LogP) is 4.19. The van der Waals surface area contributed by atoms with Gasteiger partial charge >= 0.3 is 0 Å². The molecule has 1 aromatic carbocycles. The molecular formula is C16H24ClNO. The molecule has 2 unspecified atom stereocenters. The second-order valence-corrected chi connectivity index (χ2v) is 6.47. The van der Waals surface area contributed by atoms with Crippen molar-refractivity contribution in [2.75, 3.05) is 7.11 Å². The normalized spacial score (nSPS) is 27.9. The molecule has 0 aliphatic heterocycles. The average molecular weight is 282 g/mol. The lowest BCUT2D eigenvalue weighted by Gasteiger charge is -2.29. The minimum Gasteiger partial charge on any atom is -0.496 e. The lowest BCUT2D eigenvalue weighted by molar-refractivity contribution is 0.351. The number of hydrogen-bond acceptors (Lipinski definition) is 2. The Hall–Kier alpha value is -0.730. The van der Waals surface area contributed by atoms with Crippen LogP contribution in [0.5, 0.6) is 5.75 Å². The molecule has 0 bridgehead atoms. The summed E-state index contributed by atoms with van der Waals surface area (Å²) in [7, 11) is 1.70. The number of nitrogens with two attached hydrogens (primary N) is 1. The summed E-state index contributed by atoms with van der Waals surface area (Å²) < 4.78 is 5.43. The van der Waals surface area contributed by atoms with Crippen molar-refractivity contribution in [3.8, 4) is 5.75 Å². The maximum Gasteiger partial charge on any atom is 0.122 e. The molecule has 2 atom stereocenters. The SMILES string of the molecule is COc1ccc(Cl)cc1CC1(N)CCCC(C)CC1. The molecule has 0 radical (unpaired) electrons. The number of rotatable bonds is 3. The van der Waals surface area contributed by atoms with Crippen LogP contribution in [0.15, 0.2) is 18.2 Å². The Morgan fingerprint density at radius 1 is 1.37 bits per heavy atom. The van der Waals surface area contributed by atoms with E-state index in [2.05, 4.69) is 6.92 Å². The molecule has 0 saturated heterocycles. The summed E-state index contributed by atoms with van der Waals surface area (Å²) in [6.07, 6.45) is 6.77. The van der Waals surface area contributed by atoms with Gasteiger partial charge in [-0.15, -0.1) is 0 Å². The first-order valence-electron chi connectivity index (χ1n) is 7.14. The number of halogens is 1. The van der Waals surface area contributed by atoms with Crippen molar-refractivity contribution in [3.63, 3.8) is 0 Å². The Morgan fingerprint density at radius 2 is 2.16 bits per heavy atom. The lowest BCUT2D eigenvalue weighted by Crippen LogP contribution is -2.41. The highest BCUT2D eigenvalue weighted by Gasteiger charge is 2.29. The third-order valence-electron chi connectivity index (χ3n) is 4.29. The van der Waals surface area contributed by atoms with E-state index in [4.69, 9.17) is 22.1 Å². The van der Waals surface area contributed by atoms with Crippen LogP contribution >= 0.6 is 11.6 Å². The van der Waals surface area contributed by atoms with Gasteiger partial charge in [-0.3, -0.25) is 0 Å². The molecule has 2 N–H and O–H groups in total. The summed E-state index contributed by atoms with van der Waals surface area (Å²) in [5, 5.41) is 0.751. The van der Waals surface area contributed by atoms with Crippen LogP contribution < -0.4 is 10.5 Å². The Morgan fingerprint density at radius 3 is 2.89 bits per heavy atom. The molecule has 1 saturated carbocycles. The van der Waals surface area contributed by atoms with Crippen molar-refractivity contribution in [1.82, 2.24) is 0 Å². The number of benzene rings is 1. The summed E-state index contributed by atoms with van der Waals surface area (Å²) >= 11 is 6.10. The summed E-state index contributed by atoms with van der Waals surface area (Å²) in [6, 6.07) is 5.78. The highest BCUT2D eigenvalue weighted by molar-refractivity contribution is 6.30. The van der Waals surface area contributed by atoms with Crippen LogP contribution in [-0.4, -0.2) is 12.6 Å². The highest BCUT2D eigenvalue weighted by Crippen LogP contribution is 2.34. The van der Waals surface area contributed by atoms with Gasteiger partial charge in [0.2, 0.25) is 0 Å². The van der Waals surface area contributed by atoms with Crippen LogP contribution in [0.4, 0.5) is 0 Å². The lowest BCUT2D eigenvalue weighted by atomic mass is 9.84. The van der Waals surface area contributed by atoms with Gasteiger partial charge in [0.15, 0.2) is 0 Å². The number of hydrogen-bond donors (Lipinski definition) is 1. The van der Waals surface area contributed by atoms with E-state index in [0.29, 0.717) is 0 Å². The molecule has 3 heteroatoms. The molecule has 1 aliphatic carbocycles. The van der Waals surface area contributed by atoms with Crippen molar-refractivity contribution in [1.29, 1.82) is 0 Å². The maximum atomic E-state index is 6.63. The van der Waals surface area contributed by atoms with Crippen LogP contribution in [0.25, 0.3) is 0 Å². The number of ether oxygens (including phenoxy) is 1. The van der Waals surface area contributed by atoms with Crippen molar-refractivity contribution in [3.05, 3.63) is 28.8 Å². The minimum absolute atomic E-state index is 0.108. The van der Waals surface area contributed by atoms with Gasteiger partial charge in [-0.2, -0.15) is 0 Å². The highest BCUT2D eigenvalue weighted by atomic mass is 35.5. The summed E-state index contributed by atoms with van der Waals surface area (Å²) in [4.78, 5) is 0. The van der Waals surface area contributed by atoms with Crippen molar-refractivity contribution < 1.29 is 4.74 Å². The molecule has 0 aromatic heterocycles. The van der Waals surface area contributed by atoms with E-state index in [1.54, 1.807) is 7.11 Å². The Kier molecular flexibility index (Phi) is 4.75. The fourth-order valence-corrected chi connectivity index (χ4v) is 3.24. The second-order valence-electron chi connectivity index (χ2n) is 6.03. The van der Waals surface area contributed by atoms with Gasteiger partial charge in [-0.1, -0.05) is 31.4 Å². The topological polar surface area (TPSA) is 35.2 Å². The van der Waals surface area contributed by atoms with Crippen molar-refractivity contribution in [2.45, 2.75) is 51.0 Å². The number of methoxy groups -OCH3 is 1. The van der Waals surface area contributed by atoms with Crippen LogP contribution in [0, 0.1) is 5.92 Å².